The molecular formula is C11H14ClFN2O2. The second-order valence-corrected chi connectivity index (χ2v) is 3.70. The van der Waals surface area contributed by atoms with Gasteiger partial charge in [-0.3, -0.25) is 4.79 Å². The number of phenolic OH excluding ortho intramolecular Hbond substituents is 1. The normalized spacial score (nSPS) is 15.2. The van der Waals surface area contributed by atoms with E-state index in [0.29, 0.717) is 13.1 Å². The van der Waals surface area contributed by atoms with E-state index in [-0.39, 0.29) is 29.6 Å². The maximum atomic E-state index is 13.0. The summed E-state index contributed by atoms with van der Waals surface area (Å²) < 4.78 is 13.0. The number of aromatic hydroxyl groups is 1. The number of halogens is 2. The van der Waals surface area contributed by atoms with Gasteiger partial charge >= 0.3 is 0 Å². The van der Waals surface area contributed by atoms with E-state index in [4.69, 9.17) is 0 Å². The Kier molecular flexibility index (Phi) is 4.72. The highest BCUT2D eigenvalue weighted by Crippen LogP contribution is 2.19. The Morgan fingerprint density at radius 1 is 1.35 bits per heavy atom. The van der Waals surface area contributed by atoms with Crippen LogP contribution in [0.2, 0.25) is 0 Å². The number of benzene rings is 1. The zero-order valence-corrected chi connectivity index (χ0v) is 9.97. The van der Waals surface area contributed by atoms with Crippen LogP contribution in [-0.4, -0.2) is 42.1 Å². The topological polar surface area (TPSA) is 52.6 Å². The van der Waals surface area contributed by atoms with Crippen LogP contribution in [0.4, 0.5) is 4.39 Å². The van der Waals surface area contributed by atoms with Crippen molar-refractivity contribution in [2.45, 2.75) is 0 Å². The van der Waals surface area contributed by atoms with Crippen LogP contribution in [0.1, 0.15) is 10.4 Å². The first-order valence-electron chi connectivity index (χ1n) is 5.17. The Hall–Kier alpha value is -1.33. The van der Waals surface area contributed by atoms with Crippen LogP contribution in [0, 0.1) is 5.82 Å². The lowest BCUT2D eigenvalue weighted by Gasteiger charge is -2.27. The Morgan fingerprint density at radius 2 is 2.00 bits per heavy atom. The standard InChI is InChI=1S/C11H13FN2O2.ClH/c12-8-1-2-10(15)9(7-8)11(16)14-5-3-13-4-6-14;/h1-2,7,13,15H,3-6H2;1H. The van der Waals surface area contributed by atoms with Crippen molar-refractivity contribution < 1.29 is 14.3 Å². The van der Waals surface area contributed by atoms with E-state index >= 15 is 0 Å². The van der Waals surface area contributed by atoms with Crippen molar-refractivity contribution in [1.29, 1.82) is 0 Å². The molecule has 0 bridgehead atoms. The minimum absolute atomic E-state index is 0. The van der Waals surface area contributed by atoms with Gasteiger partial charge in [0.1, 0.15) is 11.6 Å². The zero-order valence-electron chi connectivity index (χ0n) is 9.15. The summed E-state index contributed by atoms with van der Waals surface area (Å²) >= 11 is 0. The molecule has 2 rings (SSSR count). The molecule has 0 aliphatic carbocycles. The SMILES string of the molecule is Cl.O=C(c1cc(F)ccc1O)N1CCNCC1. The molecule has 1 amide bonds. The van der Waals surface area contributed by atoms with Crippen molar-refractivity contribution in [3.63, 3.8) is 0 Å². The van der Waals surface area contributed by atoms with Crippen molar-refractivity contribution in [3.8, 4) is 5.75 Å². The molecule has 0 atom stereocenters. The first-order valence-corrected chi connectivity index (χ1v) is 5.17. The third-order valence-electron chi connectivity index (χ3n) is 2.59. The van der Waals surface area contributed by atoms with Gasteiger partial charge in [0.2, 0.25) is 0 Å². The minimum atomic E-state index is -0.517. The van der Waals surface area contributed by atoms with Crippen LogP contribution in [0.25, 0.3) is 0 Å². The van der Waals surface area contributed by atoms with Gasteiger partial charge in [0.25, 0.3) is 5.91 Å². The lowest BCUT2D eigenvalue weighted by atomic mass is 10.1. The Labute approximate surface area is 105 Å². The van der Waals surface area contributed by atoms with Crippen LogP contribution in [-0.2, 0) is 0 Å². The van der Waals surface area contributed by atoms with Gasteiger partial charge in [-0.05, 0) is 18.2 Å². The number of hydrogen-bond donors (Lipinski definition) is 2. The van der Waals surface area contributed by atoms with Crippen molar-refractivity contribution >= 4 is 18.3 Å². The van der Waals surface area contributed by atoms with Crippen molar-refractivity contribution in [2.24, 2.45) is 0 Å². The molecule has 1 heterocycles. The summed E-state index contributed by atoms with van der Waals surface area (Å²) in [7, 11) is 0. The Balaban J connectivity index is 0.00000144. The minimum Gasteiger partial charge on any atom is -0.507 e. The molecule has 1 aromatic carbocycles. The van der Waals surface area contributed by atoms with E-state index in [1.165, 1.54) is 6.07 Å². The van der Waals surface area contributed by atoms with Crippen LogP contribution < -0.4 is 5.32 Å². The average Bonchev–Trinajstić information content (AvgIpc) is 2.32. The number of rotatable bonds is 1. The molecule has 0 saturated carbocycles. The molecule has 4 nitrogen and oxygen atoms in total. The largest absolute Gasteiger partial charge is 0.507 e. The molecule has 0 aromatic heterocycles. The van der Waals surface area contributed by atoms with E-state index < -0.39 is 5.82 Å². The molecule has 6 heteroatoms. The number of hydrogen-bond acceptors (Lipinski definition) is 3. The third kappa shape index (κ3) is 3.08. The summed E-state index contributed by atoms with van der Waals surface area (Å²) in [5, 5.41) is 12.6. The van der Waals surface area contributed by atoms with Crippen LogP contribution in [0.3, 0.4) is 0 Å². The fourth-order valence-corrected chi connectivity index (χ4v) is 1.72. The summed E-state index contributed by atoms with van der Waals surface area (Å²) in [5.41, 5.74) is 0.0295. The zero-order chi connectivity index (χ0) is 11.5. The smallest absolute Gasteiger partial charge is 0.257 e. The van der Waals surface area contributed by atoms with Crippen LogP contribution in [0.5, 0.6) is 5.75 Å². The van der Waals surface area contributed by atoms with E-state index in [0.717, 1.165) is 25.2 Å². The van der Waals surface area contributed by atoms with Gasteiger partial charge in [-0.15, -0.1) is 12.4 Å². The molecule has 1 aliphatic rings. The van der Waals surface area contributed by atoms with E-state index in [9.17, 15) is 14.3 Å². The van der Waals surface area contributed by atoms with Gasteiger partial charge in [-0.1, -0.05) is 0 Å². The van der Waals surface area contributed by atoms with Gasteiger partial charge in [-0.2, -0.15) is 0 Å². The molecule has 94 valence electrons. The second-order valence-electron chi connectivity index (χ2n) is 3.70. The number of amides is 1. The van der Waals surface area contributed by atoms with E-state index in [2.05, 4.69) is 5.32 Å². The van der Waals surface area contributed by atoms with Crippen LogP contribution >= 0.6 is 12.4 Å². The number of carbonyl (C=O) groups excluding carboxylic acids is 1. The fraction of sp³-hybridized carbons (Fsp3) is 0.364. The molecule has 17 heavy (non-hydrogen) atoms. The second kappa shape index (κ2) is 5.84. The van der Waals surface area contributed by atoms with Crippen molar-refractivity contribution in [3.05, 3.63) is 29.6 Å². The van der Waals surface area contributed by atoms with E-state index in [1.807, 2.05) is 0 Å². The predicted molar refractivity (Wildman–Crippen MR) is 64.1 cm³/mol. The van der Waals surface area contributed by atoms with Gasteiger partial charge in [0.05, 0.1) is 5.56 Å². The fourth-order valence-electron chi connectivity index (χ4n) is 1.72. The lowest BCUT2D eigenvalue weighted by molar-refractivity contribution is 0.0732. The highest BCUT2D eigenvalue weighted by molar-refractivity contribution is 5.96. The maximum absolute atomic E-state index is 13.0. The number of piperazine rings is 1. The van der Waals surface area contributed by atoms with Gasteiger partial charge in [0.15, 0.2) is 0 Å². The quantitative estimate of drug-likeness (QED) is 0.792. The van der Waals surface area contributed by atoms with Crippen LogP contribution in [0.15, 0.2) is 18.2 Å². The highest BCUT2D eigenvalue weighted by atomic mass is 35.5. The lowest BCUT2D eigenvalue weighted by Crippen LogP contribution is -2.46. The summed E-state index contributed by atoms with van der Waals surface area (Å²) in [6.07, 6.45) is 0. The number of carbonyl (C=O) groups is 1. The van der Waals surface area contributed by atoms with Crippen molar-refractivity contribution in [2.75, 3.05) is 26.2 Å². The van der Waals surface area contributed by atoms with Gasteiger partial charge in [-0.25, -0.2) is 4.39 Å². The molecule has 0 radical (unpaired) electrons. The first-order chi connectivity index (χ1) is 7.68. The predicted octanol–water partition coefficient (Wildman–Crippen LogP) is 0.998. The summed E-state index contributed by atoms with van der Waals surface area (Å²) in [5.74, 6) is -1.01. The Bertz CT molecular complexity index is 408. The molecule has 2 N–H and O–H groups in total. The monoisotopic (exact) mass is 260 g/mol. The number of nitrogens with zero attached hydrogens (tertiary/aromatic N) is 1. The number of nitrogens with one attached hydrogen (secondary N) is 1. The van der Waals surface area contributed by atoms with E-state index in [1.54, 1.807) is 4.90 Å². The maximum Gasteiger partial charge on any atom is 0.257 e. The molecule has 0 spiro atoms. The summed E-state index contributed by atoms with van der Waals surface area (Å²) in [4.78, 5) is 13.5. The number of phenols is 1. The molecule has 0 unspecified atom stereocenters. The Morgan fingerprint density at radius 3 is 2.65 bits per heavy atom. The molecule has 1 aromatic rings. The van der Waals surface area contributed by atoms with Crippen molar-refractivity contribution in [1.82, 2.24) is 10.2 Å². The molecule has 1 saturated heterocycles. The summed E-state index contributed by atoms with van der Waals surface area (Å²) in [6.45, 7) is 2.60. The first kappa shape index (κ1) is 13.7. The third-order valence-corrected chi connectivity index (χ3v) is 2.59. The molecule has 1 fully saturated rings. The highest BCUT2D eigenvalue weighted by Gasteiger charge is 2.20. The van der Waals surface area contributed by atoms with Gasteiger partial charge < -0.3 is 15.3 Å². The molecule has 1 aliphatic heterocycles. The van der Waals surface area contributed by atoms with Gasteiger partial charge in [0, 0.05) is 26.2 Å². The average molecular weight is 261 g/mol. The summed E-state index contributed by atoms with van der Waals surface area (Å²) in [6, 6.07) is 3.40. The molecular weight excluding hydrogens is 247 g/mol.